The molecule has 0 aliphatic carbocycles. The van der Waals surface area contributed by atoms with Crippen molar-refractivity contribution >= 4 is 22.5 Å². The van der Waals surface area contributed by atoms with Crippen molar-refractivity contribution < 1.29 is 4.39 Å². The van der Waals surface area contributed by atoms with Gasteiger partial charge in [-0.3, -0.25) is 4.98 Å². The van der Waals surface area contributed by atoms with Gasteiger partial charge in [0, 0.05) is 16.6 Å². The molecule has 0 bridgehead atoms. The summed E-state index contributed by atoms with van der Waals surface area (Å²) in [5, 5.41) is 1.46. The van der Waals surface area contributed by atoms with Crippen LogP contribution in [-0.2, 0) is 0 Å². The molecular weight excluding hydrogens is 275 g/mol. The van der Waals surface area contributed by atoms with Crippen molar-refractivity contribution in [3.63, 3.8) is 0 Å². The predicted octanol–water partition coefficient (Wildman–Crippen LogP) is 4.08. The third kappa shape index (κ3) is 2.38. The van der Waals surface area contributed by atoms with Crippen LogP contribution in [0.25, 0.3) is 10.9 Å². The van der Waals surface area contributed by atoms with Gasteiger partial charge in [-0.1, -0.05) is 23.7 Å². The maximum Gasteiger partial charge on any atom is 0.123 e. The molecule has 0 saturated heterocycles. The molecule has 0 amide bonds. The lowest BCUT2D eigenvalue weighted by atomic mass is 9.98. The summed E-state index contributed by atoms with van der Waals surface area (Å²) < 4.78 is 13.4. The van der Waals surface area contributed by atoms with Crippen LogP contribution in [0.2, 0.25) is 5.02 Å². The maximum absolute atomic E-state index is 13.4. The van der Waals surface area contributed by atoms with E-state index >= 15 is 0 Å². The van der Waals surface area contributed by atoms with Crippen molar-refractivity contribution in [3.8, 4) is 0 Å². The average Bonchev–Trinajstić information content (AvgIpc) is 2.48. The van der Waals surface area contributed by atoms with Crippen LogP contribution in [0.15, 0.2) is 54.7 Å². The van der Waals surface area contributed by atoms with Crippen molar-refractivity contribution in [3.05, 3.63) is 76.7 Å². The predicted molar refractivity (Wildman–Crippen MR) is 79.2 cm³/mol. The van der Waals surface area contributed by atoms with Crippen LogP contribution < -0.4 is 5.73 Å². The Bertz CT molecular complexity index is 773. The Kier molecular flexibility index (Phi) is 3.38. The molecule has 0 fully saturated rings. The fraction of sp³-hybridized carbons (Fsp3) is 0.0625. The SMILES string of the molecule is NC(c1ccc2ncccc2c1)c1cc(F)ccc1Cl. The standard InChI is InChI=1S/C16H12ClFN2/c17-14-5-4-12(18)9-13(14)16(19)11-3-6-15-10(8-11)2-1-7-20-15/h1-9,16H,19H2. The minimum atomic E-state index is -0.470. The Morgan fingerprint density at radius 3 is 2.80 bits per heavy atom. The molecular formula is C16H12ClFN2. The van der Waals surface area contributed by atoms with E-state index in [2.05, 4.69) is 4.98 Å². The molecule has 3 rings (SSSR count). The van der Waals surface area contributed by atoms with Crippen molar-refractivity contribution in [1.29, 1.82) is 0 Å². The quantitative estimate of drug-likeness (QED) is 0.771. The Morgan fingerprint density at radius 2 is 1.95 bits per heavy atom. The summed E-state index contributed by atoms with van der Waals surface area (Å²) in [6.07, 6.45) is 1.74. The number of fused-ring (bicyclic) bond motifs is 1. The van der Waals surface area contributed by atoms with Gasteiger partial charge in [0.15, 0.2) is 0 Å². The van der Waals surface area contributed by atoms with Gasteiger partial charge >= 0.3 is 0 Å². The summed E-state index contributed by atoms with van der Waals surface area (Å²) in [5.74, 6) is -0.345. The monoisotopic (exact) mass is 286 g/mol. The zero-order chi connectivity index (χ0) is 14.1. The van der Waals surface area contributed by atoms with Gasteiger partial charge in [-0.15, -0.1) is 0 Å². The molecule has 2 N–H and O–H groups in total. The number of rotatable bonds is 2. The molecule has 2 nitrogen and oxygen atoms in total. The van der Waals surface area contributed by atoms with Gasteiger partial charge in [-0.05, 0) is 47.5 Å². The second-order valence-electron chi connectivity index (χ2n) is 4.60. The molecule has 3 aromatic rings. The Hall–Kier alpha value is -1.97. The number of hydrogen-bond acceptors (Lipinski definition) is 2. The van der Waals surface area contributed by atoms with Gasteiger partial charge in [-0.2, -0.15) is 0 Å². The number of nitrogens with zero attached hydrogens (tertiary/aromatic N) is 1. The van der Waals surface area contributed by atoms with Gasteiger partial charge in [0.05, 0.1) is 11.6 Å². The molecule has 20 heavy (non-hydrogen) atoms. The highest BCUT2D eigenvalue weighted by Crippen LogP contribution is 2.28. The van der Waals surface area contributed by atoms with E-state index < -0.39 is 6.04 Å². The topological polar surface area (TPSA) is 38.9 Å². The summed E-state index contributed by atoms with van der Waals surface area (Å²) in [4.78, 5) is 4.26. The highest BCUT2D eigenvalue weighted by Gasteiger charge is 2.14. The fourth-order valence-electron chi connectivity index (χ4n) is 2.22. The molecule has 1 heterocycles. The molecule has 4 heteroatoms. The number of halogens is 2. The molecule has 0 aliphatic rings. The lowest BCUT2D eigenvalue weighted by Crippen LogP contribution is -2.12. The first-order valence-electron chi connectivity index (χ1n) is 6.20. The zero-order valence-electron chi connectivity index (χ0n) is 10.6. The van der Waals surface area contributed by atoms with Crippen LogP contribution in [0.3, 0.4) is 0 Å². The molecule has 0 aliphatic heterocycles. The minimum absolute atomic E-state index is 0.345. The van der Waals surface area contributed by atoms with Crippen LogP contribution >= 0.6 is 11.6 Å². The molecule has 100 valence electrons. The number of pyridine rings is 1. The second kappa shape index (κ2) is 5.19. The Balaban J connectivity index is 2.07. The van der Waals surface area contributed by atoms with Gasteiger partial charge in [0.25, 0.3) is 0 Å². The first-order valence-corrected chi connectivity index (χ1v) is 6.58. The Morgan fingerprint density at radius 1 is 1.10 bits per heavy atom. The van der Waals surface area contributed by atoms with E-state index in [0.29, 0.717) is 10.6 Å². The van der Waals surface area contributed by atoms with Crippen LogP contribution in [0.4, 0.5) is 4.39 Å². The van der Waals surface area contributed by atoms with E-state index in [9.17, 15) is 4.39 Å². The maximum atomic E-state index is 13.4. The highest BCUT2D eigenvalue weighted by molar-refractivity contribution is 6.31. The van der Waals surface area contributed by atoms with Crippen LogP contribution in [0.5, 0.6) is 0 Å². The number of aromatic nitrogens is 1. The second-order valence-corrected chi connectivity index (χ2v) is 5.01. The molecule has 0 saturated carbocycles. The third-order valence-corrected chi connectivity index (χ3v) is 3.62. The summed E-state index contributed by atoms with van der Waals surface area (Å²) in [6, 6.07) is 13.3. The molecule has 2 aromatic carbocycles. The summed E-state index contributed by atoms with van der Waals surface area (Å²) in [5.41, 5.74) is 8.55. The number of hydrogen-bond donors (Lipinski definition) is 1. The zero-order valence-corrected chi connectivity index (χ0v) is 11.3. The lowest BCUT2D eigenvalue weighted by molar-refractivity contribution is 0.623. The highest BCUT2D eigenvalue weighted by atomic mass is 35.5. The van der Waals surface area contributed by atoms with Crippen molar-refractivity contribution in [2.24, 2.45) is 5.73 Å². The van der Waals surface area contributed by atoms with E-state index in [4.69, 9.17) is 17.3 Å². The summed E-state index contributed by atoms with van der Waals surface area (Å²) in [7, 11) is 0. The average molecular weight is 287 g/mol. The van der Waals surface area contributed by atoms with Crippen molar-refractivity contribution in [1.82, 2.24) is 4.98 Å². The fourth-order valence-corrected chi connectivity index (χ4v) is 2.46. The van der Waals surface area contributed by atoms with Gasteiger partial charge in [0.1, 0.15) is 5.82 Å². The number of nitrogens with two attached hydrogens (primary N) is 1. The van der Waals surface area contributed by atoms with Crippen LogP contribution in [-0.4, -0.2) is 4.98 Å². The molecule has 0 spiro atoms. The largest absolute Gasteiger partial charge is 0.320 e. The van der Waals surface area contributed by atoms with Crippen molar-refractivity contribution in [2.45, 2.75) is 6.04 Å². The van der Waals surface area contributed by atoms with Gasteiger partial charge < -0.3 is 5.73 Å². The van der Waals surface area contributed by atoms with Crippen LogP contribution in [0.1, 0.15) is 17.2 Å². The Labute approximate surface area is 121 Å². The van der Waals surface area contributed by atoms with E-state index in [1.807, 2.05) is 30.3 Å². The summed E-state index contributed by atoms with van der Waals surface area (Å²) >= 11 is 6.10. The molecule has 1 unspecified atom stereocenters. The minimum Gasteiger partial charge on any atom is -0.320 e. The molecule has 0 radical (unpaired) electrons. The van der Waals surface area contributed by atoms with E-state index in [1.54, 1.807) is 6.20 Å². The smallest absolute Gasteiger partial charge is 0.123 e. The number of benzene rings is 2. The lowest BCUT2D eigenvalue weighted by Gasteiger charge is -2.15. The third-order valence-electron chi connectivity index (χ3n) is 3.28. The first kappa shape index (κ1) is 13.0. The molecule has 1 aromatic heterocycles. The van der Waals surface area contributed by atoms with E-state index in [1.165, 1.54) is 18.2 Å². The summed E-state index contributed by atoms with van der Waals surface area (Å²) in [6.45, 7) is 0. The van der Waals surface area contributed by atoms with Gasteiger partial charge in [-0.25, -0.2) is 4.39 Å². The normalized spacial score (nSPS) is 12.6. The first-order chi connectivity index (χ1) is 9.65. The van der Waals surface area contributed by atoms with Crippen molar-refractivity contribution in [2.75, 3.05) is 0 Å². The molecule has 1 atom stereocenters. The van der Waals surface area contributed by atoms with Crippen LogP contribution in [0, 0.1) is 5.82 Å². The van der Waals surface area contributed by atoms with E-state index in [0.717, 1.165) is 16.5 Å². The van der Waals surface area contributed by atoms with E-state index in [-0.39, 0.29) is 5.82 Å². The van der Waals surface area contributed by atoms with Gasteiger partial charge in [0.2, 0.25) is 0 Å².